The maximum Gasteiger partial charge on any atom is 0.338 e. The Hall–Kier alpha value is -4.28. The van der Waals surface area contributed by atoms with Crippen LogP contribution in [0.5, 0.6) is 5.75 Å². The monoisotopic (exact) mass is 1450 g/mol. The van der Waals surface area contributed by atoms with E-state index >= 15 is 0 Å². The number of hydrogen-bond donors (Lipinski definition) is 0. The number of nitrogens with zero attached hydrogens (tertiary/aromatic N) is 3. The molecule has 1 aromatic carbocycles. The van der Waals surface area contributed by atoms with Crippen LogP contribution in [0.1, 0.15) is 404 Å². The van der Waals surface area contributed by atoms with Crippen LogP contribution in [0, 0.1) is 0 Å². The molecule has 103 heavy (non-hydrogen) atoms. The predicted octanol–water partition coefficient (Wildman–Crippen LogP) is 22.2. The zero-order valence-corrected chi connectivity index (χ0v) is 68.3. The summed E-state index contributed by atoms with van der Waals surface area (Å²) in [5, 5.41) is 0. The van der Waals surface area contributed by atoms with Crippen LogP contribution in [0.25, 0.3) is 0 Å². The van der Waals surface area contributed by atoms with E-state index in [0.717, 1.165) is 309 Å². The van der Waals surface area contributed by atoms with Crippen LogP contribution in [0.2, 0.25) is 0 Å². The SMILES string of the molecule is CCCCCC(CC)OC(=O)CCCCCCCCN(CCCCCCCCC(=O)OC(CC)CCCCC)CCCOC(=O)c1cc(OCCCN(C)C)cc(C(=O)OCCCN(CCCCCCCCC(=O)OC(CC)CCCCC)CCCCCCCCC(=O)OC(CC)CCCCC)c1. The lowest BCUT2D eigenvalue weighted by Crippen LogP contribution is -2.28. The minimum Gasteiger partial charge on any atom is -0.493 e. The van der Waals surface area contributed by atoms with E-state index < -0.39 is 11.9 Å². The molecule has 16 nitrogen and oxygen atoms in total. The summed E-state index contributed by atoms with van der Waals surface area (Å²) in [7, 11) is 4.04. The van der Waals surface area contributed by atoms with Gasteiger partial charge in [0.05, 0.1) is 30.9 Å². The lowest BCUT2D eigenvalue weighted by molar-refractivity contribution is -0.150. The molecule has 600 valence electrons. The van der Waals surface area contributed by atoms with Crippen molar-refractivity contribution in [1.29, 1.82) is 0 Å². The van der Waals surface area contributed by atoms with Gasteiger partial charge in [-0.25, -0.2) is 9.59 Å². The Balaban J connectivity index is 2.98. The lowest BCUT2D eigenvalue weighted by Gasteiger charge is -2.22. The molecule has 0 bridgehead atoms. The van der Waals surface area contributed by atoms with Crippen molar-refractivity contribution in [2.45, 2.75) is 407 Å². The first-order chi connectivity index (χ1) is 50.1. The Bertz CT molecular complexity index is 1960. The molecule has 0 aliphatic heterocycles. The van der Waals surface area contributed by atoms with Gasteiger partial charge in [0.25, 0.3) is 0 Å². The smallest absolute Gasteiger partial charge is 0.338 e. The van der Waals surface area contributed by atoms with Gasteiger partial charge in [0.2, 0.25) is 0 Å². The summed E-state index contributed by atoms with van der Waals surface area (Å²) >= 11 is 0. The third-order valence-electron chi connectivity index (χ3n) is 20.1. The first-order valence-corrected chi connectivity index (χ1v) is 43.1. The Morgan fingerprint density at radius 1 is 0.291 bits per heavy atom. The fourth-order valence-electron chi connectivity index (χ4n) is 13.3. The van der Waals surface area contributed by atoms with Gasteiger partial charge in [0.15, 0.2) is 0 Å². The van der Waals surface area contributed by atoms with Gasteiger partial charge in [0, 0.05) is 45.3 Å². The van der Waals surface area contributed by atoms with Crippen LogP contribution in [0.15, 0.2) is 18.2 Å². The van der Waals surface area contributed by atoms with Crippen molar-refractivity contribution in [3.05, 3.63) is 29.3 Å². The van der Waals surface area contributed by atoms with Crippen molar-refractivity contribution in [3.63, 3.8) is 0 Å². The Morgan fingerprint density at radius 2 is 0.544 bits per heavy atom. The van der Waals surface area contributed by atoms with E-state index in [9.17, 15) is 28.8 Å². The van der Waals surface area contributed by atoms with Crippen molar-refractivity contribution < 1.29 is 61.9 Å². The second-order valence-electron chi connectivity index (χ2n) is 30.0. The largest absolute Gasteiger partial charge is 0.493 e. The Labute approximate surface area is 631 Å². The molecule has 0 saturated heterocycles. The quantitative estimate of drug-likeness (QED) is 0.0341. The number of hydrogen-bond acceptors (Lipinski definition) is 16. The number of esters is 6. The highest BCUT2D eigenvalue weighted by Crippen LogP contribution is 2.23. The summed E-state index contributed by atoms with van der Waals surface area (Å²) < 4.78 is 41.3. The summed E-state index contributed by atoms with van der Waals surface area (Å²) in [5.74, 6) is -0.786. The maximum absolute atomic E-state index is 13.9. The average Bonchev–Trinajstić information content (AvgIpc) is 0.840. The highest BCUT2D eigenvalue weighted by atomic mass is 16.6. The van der Waals surface area contributed by atoms with Crippen molar-refractivity contribution in [2.24, 2.45) is 0 Å². The van der Waals surface area contributed by atoms with Gasteiger partial charge in [-0.05, 0) is 206 Å². The second-order valence-corrected chi connectivity index (χ2v) is 30.0. The highest BCUT2D eigenvalue weighted by Gasteiger charge is 2.20. The summed E-state index contributed by atoms with van der Waals surface area (Å²) in [4.78, 5) is 85.3. The molecule has 0 heterocycles. The van der Waals surface area contributed by atoms with Gasteiger partial charge in [-0.15, -0.1) is 0 Å². The van der Waals surface area contributed by atoms with Crippen molar-refractivity contribution >= 4 is 35.8 Å². The molecule has 16 heteroatoms. The molecular weight excluding hydrogens is 1290 g/mol. The van der Waals surface area contributed by atoms with Crippen LogP contribution in [-0.4, -0.2) is 155 Å². The second kappa shape index (κ2) is 69.5. The molecule has 0 fully saturated rings. The molecule has 0 aliphatic carbocycles. The molecule has 0 radical (unpaired) electrons. The zero-order chi connectivity index (χ0) is 75.4. The molecule has 0 aliphatic rings. The number of rotatable bonds is 75. The molecule has 1 rings (SSSR count). The molecule has 0 aromatic heterocycles. The number of benzene rings is 1. The van der Waals surface area contributed by atoms with Gasteiger partial charge in [-0.1, -0.05) is 209 Å². The maximum atomic E-state index is 13.9. The van der Waals surface area contributed by atoms with E-state index in [-0.39, 0.29) is 72.6 Å². The van der Waals surface area contributed by atoms with Crippen LogP contribution >= 0.6 is 0 Å². The van der Waals surface area contributed by atoms with Crippen molar-refractivity contribution in [1.82, 2.24) is 14.7 Å². The van der Waals surface area contributed by atoms with E-state index in [4.69, 9.17) is 33.2 Å². The fraction of sp³-hybridized carbons (Fsp3) is 0.862. The van der Waals surface area contributed by atoms with E-state index in [1.807, 2.05) is 14.1 Å². The topological polar surface area (TPSA) is 177 Å². The van der Waals surface area contributed by atoms with Crippen molar-refractivity contribution in [3.8, 4) is 5.75 Å². The lowest BCUT2D eigenvalue weighted by atomic mass is 10.1. The minimum absolute atomic E-state index is 0.0426. The molecule has 0 N–H and O–H groups in total. The van der Waals surface area contributed by atoms with Crippen LogP contribution in [0.3, 0.4) is 0 Å². The number of carbonyl (C=O) groups is 6. The van der Waals surface area contributed by atoms with E-state index in [1.54, 1.807) is 18.2 Å². The highest BCUT2D eigenvalue weighted by molar-refractivity contribution is 5.96. The molecule has 0 amide bonds. The Kier molecular flexibility index (Phi) is 65.2. The summed E-state index contributed by atoms with van der Waals surface area (Å²) in [6.45, 7) is 24.4. The number of ether oxygens (including phenoxy) is 7. The fourth-order valence-corrected chi connectivity index (χ4v) is 13.3. The van der Waals surface area contributed by atoms with Gasteiger partial charge in [-0.3, -0.25) is 19.2 Å². The zero-order valence-electron chi connectivity index (χ0n) is 68.3. The van der Waals surface area contributed by atoms with Crippen molar-refractivity contribution in [2.75, 3.05) is 79.7 Å². The first kappa shape index (κ1) is 96.7. The third-order valence-corrected chi connectivity index (χ3v) is 20.1. The molecule has 1 aromatic rings. The van der Waals surface area contributed by atoms with Gasteiger partial charge in [0.1, 0.15) is 30.2 Å². The van der Waals surface area contributed by atoms with Crippen LogP contribution in [0.4, 0.5) is 0 Å². The van der Waals surface area contributed by atoms with Gasteiger partial charge < -0.3 is 47.9 Å². The third kappa shape index (κ3) is 57.6. The molecule has 4 unspecified atom stereocenters. The summed E-state index contributed by atoms with van der Waals surface area (Å²) in [5.41, 5.74) is 0.520. The molecular formula is C87H159N3O13. The summed E-state index contributed by atoms with van der Waals surface area (Å²) in [6, 6.07) is 4.93. The van der Waals surface area contributed by atoms with E-state index in [0.29, 0.717) is 50.9 Å². The van der Waals surface area contributed by atoms with Crippen LogP contribution < -0.4 is 4.74 Å². The summed E-state index contributed by atoms with van der Waals surface area (Å²) in [6.07, 6.45) is 50.7. The van der Waals surface area contributed by atoms with E-state index in [2.05, 4.69) is 70.1 Å². The average molecular weight is 1460 g/mol. The molecule has 0 saturated carbocycles. The van der Waals surface area contributed by atoms with Gasteiger partial charge >= 0.3 is 35.8 Å². The Morgan fingerprint density at radius 3 is 0.806 bits per heavy atom. The van der Waals surface area contributed by atoms with Crippen LogP contribution in [-0.2, 0) is 47.6 Å². The standard InChI is InChI=1S/C87H159N3O13/c1-11-19-39-54-77(15-5)100-82(91)58-43-31-23-27-35-47-63-89(64-48-36-28-24-32-44-59-83(92)101-78(16-6)55-40-20-12-2)67-52-70-98-86(95)75-72-76(74-81(73-75)97-69-51-62-88(9)10)87(96)99-71-53-68-90(65-49-37-29-25-33-45-60-84(93)102-79(17-7)56-41-21-13-3)66-50-38-30-26-34-46-61-85(94)103-80(18-8)57-42-22-14-4/h72-74,77-80H,11-71H2,1-10H3. The first-order valence-electron chi connectivity index (χ1n) is 43.1. The number of carbonyl (C=O) groups excluding carboxylic acids is 6. The molecule has 4 atom stereocenters. The number of unbranched alkanes of at least 4 members (excludes halogenated alkanes) is 28. The van der Waals surface area contributed by atoms with Gasteiger partial charge in [-0.2, -0.15) is 0 Å². The molecule has 0 spiro atoms. The normalized spacial score (nSPS) is 12.7. The minimum atomic E-state index is -0.498. The van der Waals surface area contributed by atoms with E-state index in [1.165, 1.54) is 25.7 Å². The predicted molar refractivity (Wildman–Crippen MR) is 424 cm³/mol.